The Balaban J connectivity index is 1.26. The predicted molar refractivity (Wildman–Crippen MR) is 137 cm³/mol. The molecule has 0 radical (unpaired) electrons. The van der Waals surface area contributed by atoms with Gasteiger partial charge in [-0.2, -0.15) is 0 Å². The van der Waals surface area contributed by atoms with Gasteiger partial charge in [0, 0.05) is 18.2 Å². The number of hydrogen-bond donors (Lipinski definition) is 2. The quantitative estimate of drug-likeness (QED) is 0.322. The number of carbonyl (C=O) groups is 3. The van der Waals surface area contributed by atoms with Crippen molar-refractivity contribution in [3.8, 4) is 0 Å². The van der Waals surface area contributed by atoms with Gasteiger partial charge in [-0.3, -0.25) is 19.3 Å². The zero-order valence-corrected chi connectivity index (χ0v) is 21.3. The van der Waals surface area contributed by atoms with E-state index < -0.39 is 0 Å². The molecule has 35 heavy (non-hydrogen) atoms. The Hall–Kier alpha value is -2.52. The summed E-state index contributed by atoms with van der Waals surface area (Å²) in [6.45, 7) is 4.39. The van der Waals surface area contributed by atoms with Crippen LogP contribution >= 0.6 is 12.2 Å². The fourth-order valence-corrected chi connectivity index (χ4v) is 5.73. The minimum atomic E-state index is -0.225. The van der Waals surface area contributed by atoms with Gasteiger partial charge in [-0.25, -0.2) is 0 Å². The molecule has 0 bridgehead atoms. The molecule has 2 N–H and O–H groups in total. The van der Waals surface area contributed by atoms with Crippen LogP contribution in [0, 0.1) is 11.8 Å². The molecule has 9 heteroatoms. The van der Waals surface area contributed by atoms with Crippen LogP contribution in [-0.4, -0.2) is 72.0 Å². The van der Waals surface area contributed by atoms with Crippen molar-refractivity contribution in [1.82, 2.24) is 20.4 Å². The second kappa shape index (κ2) is 11.9. The molecule has 1 saturated carbocycles. The van der Waals surface area contributed by atoms with E-state index in [4.69, 9.17) is 17.0 Å². The monoisotopic (exact) mass is 500 g/mol. The van der Waals surface area contributed by atoms with Crippen LogP contribution in [0.15, 0.2) is 24.3 Å². The van der Waals surface area contributed by atoms with Gasteiger partial charge in [0.05, 0.1) is 25.5 Å². The van der Waals surface area contributed by atoms with Crippen LogP contribution in [0.3, 0.4) is 0 Å². The molecule has 3 fully saturated rings. The molecule has 3 aliphatic rings. The molecule has 1 aromatic rings. The van der Waals surface area contributed by atoms with Crippen LogP contribution in [0.4, 0.5) is 0 Å². The maximum Gasteiger partial charge on any atom is 0.308 e. The van der Waals surface area contributed by atoms with Crippen molar-refractivity contribution in [1.29, 1.82) is 0 Å². The van der Waals surface area contributed by atoms with Gasteiger partial charge >= 0.3 is 5.97 Å². The van der Waals surface area contributed by atoms with E-state index in [0.29, 0.717) is 43.0 Å². The fourth-order valence-electron chi connectivity index (χ4n) is 5.43. The van der Waals surface area contributed by atoms with Crippen LogP contribution in [0.1, 0.15) is 60.9 Å². The standard InChI is InChI=1S/C26H36N4O4S/c1-34-25(33)20-10-11-21-22(16-20)28-26(35)30(24(21)32)17-18-6-8-19(9-7-18)23(31)27-12-5-15-29-13-3-2-4-14-29/h6-9,20-22H,2-5,10-17H2,1H3,(H,27,31)(H,28,35). The molecule has 3 unspecified atom stereocenters. The molecule has 0 aromatic heterocycles. The van der Waals surface area contributed by atoms with Gasteiger partial charge < -0.3 is 20.3 Å². The number of hydrogen-bond acceptors (Lipinski definition) is 6. The van der Waals surface area contributed by atoms with E-state index in [2.05, 4.69) is 15.5 Å². The molecule has 0 spiro atoms. The van der Waals surface area contributed by atoms with Gasteiger partial charge in [0.2, 0.25) is 5.91 Å². The molecule has 4 rings (SSSR count). The largest absolute Gasteiger partial charge is 0.469 e. The molecule has 2 heterocycles. The number of amides is 2. The maximum absolute atomic E-state index is 13.2. The summed E-state index contributed by atoms with van der Waals surface area (Å²) in [4.78, 5) is 41.7. The molecule has 1 aromatic carbocycles. The molecule has 2 aliphatic heterocycles. The van der Waals surface area contributed by atoms with E-state index in [1.165, 1.54) is 39.5 Å². The van der Waals surface area contributed by atoms with Gasteiger partial charge in [0.25, 0.3) is 5.91 Å². The number of thiocarbonyl (C=S) groups is 1. The summed E-state index contributed by atoms with van der Waals surface area (Å²) in [7, 11) is 1.39. The fraction of sp³-hybridized carbons (Fsp3) is 0.615. The van der Waals surface area contributed by atoms with Crippen molar-refractivity contribution in [3.05, 3.63) is 35.4 Å². The zero-order chi connectivity index (χ0) is 24.8. The van der Waals surface area contributed by atoms with Crippen LogP contribution < -0.4 is 10.6 Å². The number of fused-ring (bicyclic) bond motifs is 1. The Morgan fingerprint density at radius 1 is 1.14 bits per heavy atom. The van der Waals surface area contributed by atoms with Crippen molar-refractivity contribution in [2.45, 2.75) is 57.5 Å². The summed E-state index contributed by atoms with van der Waals surface area (Å²) in [6, 6.07) is 7.21. The van der Waals surface area contributed by atoms with Crippen LogP contribution in [0.25, 0.3) is 0 Å². The van der Waals surface area contributed by atoms with E-state index in [9.17, 15) is 14.4 Å². The summed E-state index contributed by atoms with van der Waals surface area (Å²) < 4.78 is 4.88. The highest BCUT2D eigenvalue weighted by Gasteiger charge is 2.44. The number of piperidine rings is 1. The number of ether oxygens (including phenoxy) is 1. The van der Waals surface area contributed by atoms with Gasteiger partial charge in [-0.05, 0) is 88.1 Å². The second-order valence-electron chi connectivity index (χ2n) is 9.83. The number of carbonyl (C=O) groups excluding carboxylic acids is 3. The third kappa shape index (κ3) is 6.38. The summed E-state index contributed by atoms with van der Waals surface area (Å²) in [5, 5.41) is 6.66. The van der Waals surface area contributed by atoms with Gasteiger partial charge in [0.1, 0.15) is 0 Å². The average Bonchev–Trinajstić information content (AvgIpc) is 2.89. The molecule has 190 valence electrons. The number of rotatable bonds is 8. The lowest BCUT2D eigenvalue weighted by Crippen LogP contribution is -2.61. The Morgan fingerprint density at radius 2 is 1.89 bits per heavy atom. The average molecular weight is 501 g/mol. The van der Waals surface area contributed by atoms with Crippen LogP contribution in [0.5, 0.6) is 0 Å². The van der Waals surface area contributed by atoms with Crippen molar-refractivity contribution >= 4 is 35.1 Å². The van der Waals surface area contributed by atoms with Gasteiger partial charge in [-0.1, -0.05) is 18.6 Å². The van der Waals surface area contributed by atoms with E-state index in [0.717, 1.165) is 18.5 Å². The number of benzene rings is 1. The number of esters is 1. The smallest absolute Gasteiger partial charge is 0.308 e. The molecular weight excluding hydrogens is 464 g/mol. The highest BCUT2D eigenvalue weighted by molar-refractivity contribution is 7.80. The van der Waals surface area contributed by atoms with Crippen LogP contribution in [0.2, 0.25) is 0 Å². The summed E-state index contributed by atoms with van der Waals surface area (Å²) in [6.07, 6.45) is 6.66. The minimum Gasteiger partial charge on any atom is -0.469 e. The predicted octanol–water partition coefficient (Wildman–Crippen LogP) is 2.47. The summed E-state index contributed by atoms with van der Waals surface area (Å²) in [5.41, 5.74) is 1.52. The van der Waals surface area contributed by atoms with Gasteiger partial charge in [-0.15, -0.1) is 0 Å². The van der Waals surface area contributed by atoms with E-state index in [1.807, 2.05) is 12.1 Å². The third-order valence-corrected chi connectivity index (χ3v) is 7.80. The summed E-state index contributed by atoms with van der Waals surface area (Å²) >= 11 is 5.49. The summed E-state index contributed by atoms with van der Waals surface area (Å²) in [5.74, 6) is -0.696. The van der Waals surface area contributed by atoms with E-state index in [1.54, 1.807) is 17.0 Å². The molecule has 2 amide bonds. The highest BCUT2D eigenvalue weighted by atomic mass is 32.1. The van der Waals surface area contributed by atoms with Crippen molar-refractivity contribution in [2.24, 2.45) is 11.8 Å². The number of likely N-dealkylation sites (tertiary alicyclic amines) is 1. The van der Waals surface area contributed by atoms with Gasteiger partial charge in [0.15, 0.2) is 5.11 Å². The topological polar surface area (TPSA) is 91.0 Å². The minimum absolute atomic E-state index is 0.00223. The van der Waals surface area contributed by atoms with Crippen LogP contribution in [-0.2, 0) is 20.9 Å². The Kier molecular flexibility index (Phi) is 8.73. The molecule has 3 atom stereocenters. The first-order valence-corrected chi connectivity index (χ1v) is 13.2. The first kappa shape index (κ1) is 25.6. The highest BCUT2D eigenvalue weighted by Crippen LogP contribution is 2.34. The number of nitrogens with zero attached hydrogens (tertiary/aromatic N) is 2. The lowest BCUT2D eigenvalue weighted by molar-refractivity contribution is -0.149. The molecule has 2 saturated heterocycles. The second-order valence-corrected chi connectivity index (χ2v) is 10.2. The van der Waals surface area contributed by atoms with E-state index >= 15 is 0 Å². The Morgan fingerprint density at radius 3 is 2.60 bits per heavy atom. The number of methoxy groups -OCH3 is 1. The number of nitrogens with one attached hydrogen (secondary N) is 2. The van der Waals surface area contributed by atoms with Crippen molar-refractivity contribution in [3.63, 3.8) is 0 Å². The normalized spacial score (nSPS) is 24.9. The first-order valence-electron chi connectivity index (χ1n) is 12.8. The first-order chi connectivity index (χ1) is 17.0. The SMILES string of the molecule is COC(=O)C1CCC2C(=O)N(Cc3ccc(C(=O)NCCCN4CCCCC4)cc3)C(=S)NC2C1. The lowest BCUT2D eigenvalue weighted by atomic mass is 9.76. The third-order valence-electron chi connectivity index (χ3n) is 7.46. The zero-order valence-electron chi connectivity index (χ0n) is 20.5. The molecular formula is C26H36N4O4S. The Labute approximate surface area is 212 Å². The molecule has 8 nitrogen and oxygen atoms in total. The van der Waals surface area contributed by atoms with Crippen molar-refractivity contribution in [2.75, 3.05) is 33.3 Å². The Bertz CT molecular complexity index is 932. The van der Waals surface area contributed by atoms with E-state index in [-0.39, 0.29) is 35.7 Å². The molecule has 1 aliphatic carbocycles. The van der Waals surface area contributed by atoms with Crippen molar-refractivity contribution < 1.29 is 19.1 Å². The lowest BCUT2D eigenvalue weighted by Gasteiger charge is -2.43. The maximum atomic E-state index is 13.2.